The van der Waals surface area contributed by atoms with E-state index in [1.165, 1.54) is 11.7 Å². The average Bonchev–Trinajstić information content (AvgIpc) is 2.63. The van der Waals surface area contributed by atoms with Crippen LogP contribution in [0.25, 0.3) is 11.0 Å². The predicted molar refractivity (Wildman–Crippen MR) is 71.9 cm³/mol. The Labute approximate surface area is 103 Å². The van der Waals surface area contributed by atoms with Crippen molar-refractivity contribution in [2.45, 2.75) is 19.9 Å². The fourth-order valence-corrected chi connectivity index (χ4v) is 2.16. The molecular weight excluding hydrogens is 240 g/mol. The summed E-state index contributed by atoms with van der Waals surface area (Å²) in [7, 11) is 0. The Morgan fingerprint density at radius 3 is 2.81 bits per heavy atom. The van der Waals surface area contributed by atoms with E-state index < -0.39 is 0 Å². The molecule has 2 N–H and O–H groups in total. The Morgan fingerprint density at radius 2 is 2.06 bits per heavy atom. The van der Waals surface area contributed by atoms with Crippen LogP contribution in [0.1, 0.15) is 13.8 Å². The van der Waals surface area contributed by atoms with Gasteiger partial charge in [0.05, 0.1) is 11.7 Å². The van der Waals surface area contributed by atoms with Crippen molar-refractivity contribution in [1.29, 1.82) is 0 Å². The van der Waals surface area contributed by atoms with Crippen molar-refractivity contribution in [2.75, 3.05) is 5.32 Å². The number of anilines is 1. The highest BCUT2D eigenvalue weighted by Gasteiger charge is 2.02. The Bertz CT molecular complexity index is 506. The molecule has 0 atom stereocenters. The first-order valence-electron chi connectivity index (χ1n) is 4.95. The van der Waals surface area contributed by atoms with Gasteiger partial charge in [-0.2, -0.15) is 8.75 Å². The largest absolute Gasteiger partial charge is 0.360 e. The average molecular weight is 252 g/mol. The second-order valence-corrected chi connectivity index (χ2v) is 4.66. The maximum Gasteiger partial charge on any atom is 0.170 e. The van der Waals surface area contributed by atoms with Crippen LogP contribution in [-0.4, -0.2) is 19.9 Å². The van der Waals surface area contributed by atoms with E-state index in [2.05, 4.69) is 19.4 Å². The van der Waals surface area contributed by atoms with Crippen LogP contribution in [0, 0.1) is 0 Å². The van der Waals surface area contributed by atoms with Crippen molar-refractivity contribution in [1.82, 2.24) is 14.1 Å². The maximum absolute atomic E-state index is 5.16. The monoisotopic (exact) mass is 252 g/mol. The summed E-state index contributed by atoms with van der Waals surface area (Å²) in [6.07, 6.45) is 0. The Kier molecular flexibility index (Phi) is 3.31. The molecule has 84 valence electrons. The summed E-state index contributed by atoms with van der Waals surface area (Å²) >= 11 is 6.37. The Balaban J connectivity index is 2.11. The van der Waals surface area contributed by atoms with Crippen LogP contribution < -0.4 is 10.6 Å². The van der Waals surface area contributed by atoms with Gasteiger partial charge in [0.1, 0.15) is 11.0 Å². The molecule has 0 unspecified atom stereocenters. The van der Waals surface area contributed by atoms with Crippen LogP contribution in [0.2, 0.25) is 0 Å². The van der Waals surface area contributed by atoms with E-state index in [4.69, 9.17) is 12.2 Å². The lowest BCUT2D eigenvalue weighted by atomic mass is 10.3. The zero-order valence-electron chi connectivity index (χ0n) is 9.02. The highest BCUT2D eigenvalue weighted by molar-refractivity contribution is 7.80. The lowest BCUT2D eigenvalue weighted by Crippen LogP contribution is -2.33. The van der Waals surface area contributed by atoms with E-state index in [-0.39, 0.29) is 0 Å². The summed E-state index contributed by atoms with van der Waals surface area (Å²) < 4.78 is 8.32. The topological polar surface area (TPSA) is 49.8 Å². The molecule has 1 heterocycles. The van der Waals surface area contributed by atoms with Gasteiger partial charge in [0.2, 0.25) is 0 Å². The van der Waals surface area contributed by atoms with E-state index in [0.29, 0.717) is 11.2 Å². The summed E-state index contributed by atoms with van der Waals surface area (Å²) in [5, 5.41) is 6.86. The first-order chi connectivity index (χ1) is 7.65. The second kappa shape index (κ2) is 4.71. The van der Waals surface area contributed by atoms with Crippen molar-refractivity contribution in [3.8, 4) is 0 Å². The van der Waals surface area contributed by atoms with Crippen LogP contribution in [0.4, 0.5) is 5.69 Å². The summed E-state index contributed by atoms with van der Waals surface area (Å²) in [4.78, 5) is 0. The fourth-order valence-electron chi connectivity index (χ4n) is 1.29. The van der Waals surface area contributed by atoms with E-state index in [9.17, 15) is 0 Å². The van der Waals surface area contributed by atoms with Crippen molar-refractivity contribution in [3.05, 3.63) is 18.2 Å². The number of nitrogens with zero attached hydrogens (tertiary/aromatic N) is 2. The Morgan fingerprint density at radius 1 is 1.31 bits per heavy atom. The smallest absolute Gasteiger partial charge is 0.170 e. The van der Waals surface area contributed by atoms with Crippen LogP contribution in [0.3, 0.4) is 0 Å². The van der Waals surface area contributed by atoms with Crippen molar-refractivity contribution >= 4 is 45.8 Å². The third-order valence-electron chi connectivity index (χ3n) is 1.93. The first-order valence-corrected chi connectivity index (χ1v) is 6.09. The summed E-state index contributed by atoms with van der Waals surface area (Å²) in [6.45, 7) is 4.09. The van der Waals surface area contributed by atoms with Crippen molar-refractivity contribution in [2.24, 2.45) is 0 Å². The number of benzene rings is 1. The molecule has 0 radical (unpaired) electrons. The van der Waals surface area contributed by atoms with Gasteiger partial charge in [-0.1, -0.05) is 0 Å². The number of rotatable bonds is 2. The first kappa shape index (κ1) is 11.2. The second-order valence-electron chi connectivity index (χ2n) is 3.72. The Hall–Kier alpha value is -1.27. The molecule has 0 aliphatic carbocycles. The van der Waals surface area contributed by atoms with Crippen LogP contribution in [0.5, 0.6) is 0 Å². The highest BCUT2D eigenvalue weighted by atomic mass is 32.1. The molecule has 0 saturated heterocycles. The minimum absolute atomic E-state index is 0.324. The van der Waals surface area contributed by atoms with Crippen LogP contribution in [-0.2, 0) is 0 Å². The molecule has 0 amide bonds. The number of thiocarbonyl (C=S) groups is 1. The van der Waals surface area contributed by atoms with E-state index in [1.54, 1.807) is 0 Å². The standard InChI is InChI=1S/C10H12N4S2/c1-6(2)11-10(15)12-7-3-4-8-9(5-7)14-16-13-8/h3-6H,1-2H3,(H2,11,12,15). The number of aromatic nitrogens is 2. The van der Waals surface area contributed by atoms with Gasteiger partial charge in [-0.05, 0) is 44.3 Å². The van der Waals surface area contributed by atoms with E-state index >= 15 is 0 Å². The maximum atomic E-state index is 5.16. The lowest BCUT2D eigenvalue weighted by molar-refractivity contribution is 0.739. The molecule has 0 saturated carbocycles. The molecule has 0 fully saturated rings. The van der Waals surface area contributed by atoms with Crippen LogP contribution in [0.15, 0.2) is 18.2 Å². The molecule has 0 aliphatic heterocycles. The molecular formula is C10H12N4S2. The van der Waals surface area contributed by atoms with E-state index in [0.717, 1.165) is 16.7 Å². The molecule has 0 aliphatic rings. The zero-order chi connectivity index (χ0) is 11.5. The molecule has 4 nitrogen and oxygen atoms in total. The molecule has 1 aromatic heterocycles. The van der Waals surface area contributed by atoms with Crippen LogP contribution >= 0.6 is 23.9 Å². The third kappa shape index (κ3) is 2.65. The van der Waals surface area contributed by atoms with Gasteiger partial charge >= 0.3 is 0 Å². The number of hydrogen-bond donors (Lipinski definition) is 2. The van der Waals surface area contributed by atoms with Gasteiger partial charge in [-0.25, -0.2) is 0 Å². The van der Waals surface area contributed by atoms with Gasteiger partial charge < -0.3 is 10.6 Å². The summed E-state index contributed by atoms with van der Waals surface area (Å²) in [5.74, 6) is 0. The number of fused-ring (bicyclic) bond motifs is 1. The molecule has 0 spiro atoms. The molecule has 0 bridgehead atoms. The normalized spacial score (nSPS) is 10.7. The minimum atomic E-state index is 0.324. The number of hydrogen-bond acceptors (Lipinski definition) is 4. The molecule has 2 rings (SSSR count). The van der Waals surface area contributed by atoms with Gasteiger partial charge in [-0.15, -0.1) is 0 Å². The molecule has 1 aromatic carbocycles. The minimum Gasteiger partial charge on any atom is -0.360 e. The van der Waals surface area contributed by atoms with Gasteiger partial charge in [0.15, 0.2) is 5.11 Å². The van der Waals surface area contributed by atoms with Crippen molar-refractivity contribution < 1.29 is 0 Å². The third-order valence-corrected chi connectivity index (χ3v) is 2.71. The van der Waals surface area contributed by atoms with Crippen molar-refractivity contribution in [3.63, 3.8) is 0 Å². The zero-order valence-corrected chi connectivity index (χ0v) is 10.7. The van der Waals surface area contributed by atoms with Gasteiger partial charge in [0.25, 0.3) is 0 Å². The summed E-state index contributed by atoms with van der Waals surface area (Å²) in [5.41, 5.74) is 2.74. The molecule has 16 heavy (non-hydrogen) atoms. The van der Waals surface area contributed by atoms with Gasteiger partial charge in [-0.3, -0.25) is 0 Å². The summed E-state index contributed by atoms with van der Waals surface area (Å²) in [6, 6.07) is 6.13. The SMILES string of the molecule is CC(C)NC(=S)Nc1ccc2nsnc2c1. The molecule has 2 aromatic rings. The fraction of sp³-hybridized carbons (Fsp3) is 0.300. The quantitative estimate of drug-likeness (QED) is 0.804. The highest BCUT2D eigenvalue weighted by Crippen LogP contribution is 2.16. The lowest BCUT2D eigenvalue weighted by Gasteiger charge is -2.12. The van der Waals surface area contributed by atoms with Gasteiger partial charge in [0, 0.05) is 11.7 Å². The molecule has 6 heteroatoms. The number of nitrogens with one attached hydrogen (secondary N) is 2. The predicted octanol–water partition coefficient (Wildman–Crippen LogP) is 2.39. The van der Waals surface area contributed by atoms with E-state index in [1.807, 2.05) is 32.0 Å².